The minimum absolute atomic E-state index is 0.391. The van der Waals surface area contributed by atoms with Crippen molar-refractivity contribution in [3.8, 4) is 24.2 Å². The van der Waals surface area contributed by atoms with Crippen molar-refractivity contribution >= 4 is 0 Å². The first-order valence-electron chi connectivity index (χ1n) is 7.51. The van der Waals surface area contributed by atoms with Crippen LogP contribution in [0.5, 0.6) is 0 Å². The molecule has 0 amide bonds. The summed E-state index contributed by atoms with van der Waals surface area (Å²) in [6, 6.07) is 0. The molecule has 0 aromatic rings. The van der Waals surface area contributed by atoms with E-state index in [1.165, 1.54) is 44.9 Å². The van der Waals surface area contributed by atoms with Crippen LogP contribution in [0.3, 0.4) is 0 Å². The first-order valence-corrected chi connectivity index (χ1v) is 7.51. The van der Waals surface area contributed by atoms with E-state index >= 15 is 0 Å². The van der Waals surface area contributed by atoms with Gasteiger partial charge < -0.3 is 10.2 Å². The topological polar surface area (TPSA) is 40.5 Å². The normalized spacial score (nSPS) is 13.2. The molecule has 0 heterocycles. The van der Waals surface area contributed by atoms with Gasteiger partial charge in [-0.2, -0.15) is 0 Å². The number of unbranched alkanes of at least 4 members (excludes halogenated alkanes) is 7. The molecule has 2 N–H and O–H groups in total. The van der Waals surface area contributed by atoms with Crippen LogP contribution in [-0.2, 0) is 0 Å². The van der Waals surface area contributed by atoms with Gasteiger partial charge in [0.25, 0.3) is 0 Å². The SMILES string of the molecule is C#CC(O)C#CCC(O)CCCCCCCCCC. The zero-order valence-corrected chi connectivity index (χ0v) is 12.2. The van der Waals surface area contributed by atoms with Gasteiger partial charge in [0.1, 0.15) is 0 Å². The fraction of sp³-hybridized carbons (Fsp3) is 0.765. The summed E-state index contributed by atoms with van der Waals surface area (Å²) in [6.07, 6.45) is 14.9. The van der Waals surface area contributed by atoms with Crippen LogP contribution in [0.15, 0.2) is 0 Å². The molecule has 19 heavy (non-hydrogen) atoms. The minimum atomic E-state index is -1.00. The third-order valence-corrected chi connectivity index (χ3v) is 3.13. The highest BCUT2D eigenvalue weighted by Crippen LogP contribution is 2.11. The summed E-state index contributed by atoms with van der Waals surface area (Å²) in [5, 5.41) is 18.7. The molecule has 0 saturated carbocycles. The van der Waals surface area contributed by atoms with E-state index in [0.717, 1.165) is 12.8 Å². The van der Waals surface area contributed by atoms with E-state index in [9.17, 15) is 5.11 Å². The van der Waals surface area contributed by atoms with E-state index in [4.69, 9.17) is 11.5 Å². The van der Waals surface area contributed by atoms with Gasteiger partial charge in [-0.1, -0.05) is 76.1 Å². The molecule has 0 aromatic carbocycles. The molecule has 0 spiro atoms. The number of terminal acetylenes is 1. The highest BCUT2D eigenvalue weighted by Gasteiger charge is 2.01. The second-order valence-electron chi connectivity index (χ2n) is 5.01. The quantitative estimate of drug-likeness (QED) is 0.469. The van der Waals surface area contributed by atoms with Crippen molar-refractivity contribution in [2.24, 2.45) is 0 Å². The number of aliphatic hydroxyl groups excluding tert-OH is 2. The zero-order valence-electron chi connectivity index (χ0n) is 12.2. The van der Waals surface area contributed by atoms with Gasteiger partial charge in [0, 0.05) is 6.42 Å². The van der Waals surface area contributed by atoms with Crippen LogP contribution in [0.2, 0.25) is 0 Å². The average Bonchev–Trinajstić information content (AvgIpc) is 2.41. The smallest absolute Gasteiger partial charge is 0.176 e. The molecule has 0 aromatic heterocycles. The third kappa shape index (κ3) is 13.3. The van der Waals surface area contributed by atoms with Gasteiger partial charge in [-0.05, 0) is 6.42 Å². The van der Waals surface area contributed by atoms with Gasteiger partial charge in [-0.15, -0.1) is 6.42 Å². The van der Waals surface area contributed by atoms with E-state index in [2.05, 4.69) is 24.7 Å². The standard InChI is InChI=1S/C17H28O2/c1-3-5-6-7-8-9-10-11-13-17(19)15-12-14-16(18)4-2/h2,16-19H,3,5-11,13,15H2,1H3. The Morgan fingerprint density at radius 1 is 0.947 bits per heavy atom. The van der Waals surface area contributed by atoms with Gasteiger partial charge in [0.05, 0.1) is 6.10 Å². The maximum absolute atomic E-state index is 9.67. The van der Waals surface area contributed by atoms with Crippen LogP contribution in [-0.4, -0.2) is 22.4 Å². The maximum atomic E-state index is 9.67. The largest absolute Gasteiger partial charge is 0.392 e. The minimum Gasteiger partial charge on any atom is -0.392 e. The number of rotatable bonds is 10. The summed E-state index contributed by atoms with van der Waals surface area (Å²) < 4.78 is 0. The van der Waals surface area contributed by atoms with Gasteiger partial charge in [-0.3, -0.25) is 0 Å². The fourth-order valence-corrected chi connectivity index (χ4v) is 1.93. The molecular formula is C17H28O2. The van der Waals surface area contributed by atoms with E-state index in [-0.39, 0.29) is 0 Å². The molecule has 2 unspecified atom stereocenters. The van der Waals surface area contributed by atoms with Gasteiger partial charge in [-0.25, -0.2) is 0 Å². The molecule has 0 rings (SSSR count). The predicted octanol–water partition coefficient (Wildman–Crippen LogP) is 3.27. The molecule has 2 nitrogen and oxygen atoms in total. The molecule has 0 aliphatic heterocycles. The average molecular weight is 264 g/mol. The first-order chi connectivity index (χ1) is 9.20. The number of hydrogen-bond donors (Lipinski definition) is 2. The lowest BCUT2D eigenvalue weighted by molar-refractivity contribution is 0.166. The molecule has 2 atom stereocenters. The predicted molar refractivity (Wildman–Crippen MR) is 80.5 cm³/mol. The summed E-state index contributed by atoms with van der Waals surface area (Å²) in [5.41, 5.74) is 0. The second kappa shape index (κ2) is 13.5. The molecule has 108 valence electrons. The Kier molecular flexibility index (Phi) is 12.8. The van der Waals surface area contributed by atoms with Crippen LogP contribution in [0, 0.1) is 24.2 Å². The summed E-state index contributed by atoms with van der Waals surface area (Å²) >= 11 is 0. The molecular weight excluding hydrogens is 236 g/mol. The van der Waals surface area contributed by atoms with Crippen molar-refractivity contribution in [1.82, 2.24) is 0 Å². The van der Waals surface area contributed by atoms with Crippen LogP contribution in [0.25, 0.3) is 0 Å². The summed E-state index contributed by atoms with van der Waals surface area (Å²) in [4.78, 5) is 0. The number of hydrogen-bond acceptors (Lipinski definition) is 2. The van der Waals surface area contributed by atoms with Crippen molar-refractivity contribution in [2.45, 2.75) is 83.3 Å². The number of aliphatic hydroxyl groups is 2. The highest BCUT2D eigenvalue weighted by atomic mass is 16.3. The van der Waals surface area contributed by atoms with E-state index in [1.807, 2.05) is 0 Å². The monoisotopic (exact) mass is 264 g/mol. The first kappa shape index (κ1) is 18.0. The van der Waals surface area contributed by atoms with Crippen molar-refractivity contribution in [1.29, 1.82) is 0 Å². The molecule has 2 heteroatoms. The lowest BCUT2D eigenvalue weighted by Crippen LogP contribution is -2.05. The van der Waals surface area contributed by atoms with E-state index in [1.54, 1.807) is 0 Å². The van der Waals surface area contributed by atoms with Crippen molar-refractivity contribution in [3.63, 3.8) is 0 Å². The van der Waals surface area contributed by atoms with E-state index in [0.29, 0.717) is 6.42 Å². The van der Waals surface area contributed by atoms with Crippen LogP contribution >= 0.6 is 0 Å². The van der Waals surface area contributed by atoms with Gasteiger partial charge >= 0.3 is 0 Å². The van der Waals surface area contributed by atoms with E-state index < -0.39 is 12.2 Å². The molecule has 0 aliphatic rings. The Morgan fingerprint density at radius 3 is 2.11 bits per heavy atom. The third-order valence-electron chi connectivity index (χ3n) is 3.13. The highest BCUT2D eigenvalue weighted by molar-refractivity contribution is 5.16. The lowest BCUT2D eigenvalue weighted by Gasteiger charge is -2.06. The molecule has 0 radical (unpaired) electrons. The second-order valence-corrected chi connectivity index (χ2v) is 5.01. The zero-order chi connectivity index (χ0) is 14.3. The van der Waals surface area contributed by atoms with Crippen LogP contribution in [0.1, 0.15) is 71.1 Å². The van der Waals surface area contributed by atoms with Gasteiger partial charge in [0.15, 0.2) is 6.10 Å². The van der Waals surface area contributed by atoms with Crippen molar-refractivity contribution in [3.05, 3.63) is 0 Å². The summed E-state index contributed by atoms with van der Waals surface area (Å²) in [7, 11) is 0. The maximum Gasteiger partial charge on any atom is 0.176 e. The van der Waals surface area contributed by atoms with Crippen molar-refractivity contribution < 1.29 is 10.2 Å². The van der Waals surface area contributed by atoms with Gasteiger partial charge in [0.2, 0.25) is 0 Å². The Labute approximate surface area is 118 Å². The molecule has 0 fully saturated rings. The Morgan fingerprint density at radius 2 is 1.53 bits per heavy atom. The molecule has 0 saturated heterocycles. The van der Waals surface area contributed by atoms with Crippen LogP contribution in [0.4, 0.5) is 0 Å². The molecule has 0 bridgehead atoms. The Hall–Kier alpha value is -0.960. The molecule has 0 aliphatic carbocycles. The van der Waals surface area contributed by atoms with Crippen molar-refractivity contribution in [2.75, 3.05) is 0 Å². The Balaban J connectivity index is 3.36. The Bertz CT molecular complexity index is 293. The fourth-order valence-electron chi connectivity index (χ4n) is 1.93. The summed E-state index contributed by atoms with van der Waals surface area (Å²) in [6.45, 7) is 2.23. The van der Waals surface area contributed by atoms with Crippen LogP contribution < -0.4 is 0 Å². The summed E-state index contributed by atoms with van der Waals surface area (Å²) in [5.74, 6) is 7.34. The lowest BCUT2D eigenvalue weighted by atomic mass is 10.0.